The van der Waals surface area contributed by atoms with Gasteiger partial charge in [0.1, 0.15) is 17.4 Å². The van der Waals surface area contributed by atoms with Gasteiger partial charge in [0, 0.05) is 60.9 Å². The highest BCUT2D eigenvalue weighted by atomic mass is 19.1. The third-order valence-electron chi connectivity index (χ3n) is 11.9. The largest absolute Gasteiger partial charge is 0.508 e. The van der Waals surface area contributed by atoms with Gasteiger partial charge in [0.15, 0.2) is 0 Å². The molecule has 8 nitrogen and oxygen atoms in total. The van der Waals surface area contributed by atoms with E-state index in [0.29, 0.717) is 24.6 Å². The van der Waals surface area contributed by atoms with Crippen LogP contribution in [0.15, 0.2) is 35.3 Å². The molecule has 6 rings (SSSR count). The van der Waals surface area contributed by atoms with Crippen LogP contribution in [0.1, 0.15) is 135 Å². The monoisotopic (exact) mass is 753 g/mol. The topological polar surface area (TPSA) is 94.3 Å². The SMILES string of the molecule is C/C=C1\C(=NC(C)C)C(c2cc(O)cc3ccc(F)c(CC)c23)=Cc2nc(OCC(C)(CCCC)CCCCC)nc(N3C4CCC3CN(CCCO)C4)c21. The summed E-state index contributed by atoms with van der Waals surface area (Å²) in [6, 6.07) is 7.59. The maximum Gasteiger partial charge on any atom is 0.318 e. The van der Waals surface area contributed by atoms with Crippen LogP contribution >= 0.6 is 0 Å². The van der Waals surface area contributed by atoms with Crippen LogP contribution < -0.4 is 9.64 Å². The fraction of sp³-hybridized carbons (Fsp3) is 0.587. The number of hydrogen-bond donors (Lipinski definition) is 2. The van der Waals surface area contributed by atoms with Gasteiger partial charge in [-0.2, -0.15) is 9.97 Å². The highest BCUT2D eigenvalue weighted by molar-refractivity contribution is 6.50. The van der Waals surface area contributed by atoms with Crippen molar-refractivity contribution in [2.24, 2.45) is 10.4 Å². The molecule has 1 aliphatic carbocycles. The second kappa shape index (κ2) is 18.0. The molecule has 9 heteroatoms. The first-order chi connectivity index (χ1) is 26.5. The van der Waals surface area contributed by atoms with Crippen LogP contribution in [0.2, 0.25) is 0 Å². The number of aryl methyl sites for hydroxylation is 1. The zero-order valence-electron chi connectivity index (χ0n) is 34.4. The maximum atomic E-state index is 15.5. The molecular weight excluding hydrogens is 690 g/mol. The molecule has 0 saturated carbocycles. The summed E-state index contributed by atoms with van der Waals surface area (Å²) < 4.78 is 22.3. The molecule has 298 valence electrons. The van der Waals surface area contributed by atoms with E-state index < -0.39 is 0 Å². The number of likely N-dealkylation sites (tertiary alicyclic amines) is 1. The van der Waals surface area contributed by atoms with E-state index in [2.05, 4.69) is 56.6 Å². The minimum Gasteiger partial charge on any atom is -0.508 e. The summed E-state index contributed by atoms with van der Waals surface area (Å²) in [6.07, 6.45) is 15.7. The predicted octanol–water partition coefficient (Wildman–Crippen LogP) is 10.0. The second-order valence-electron chi connectivity index (χ2n) is 16.7. The molecule has 3 aliphatic rings. The molecule has 3 aromatic rings. The molecular formula is C46H64FN5O3. The molecule has 2 N–H and O–H groups in total. The average molecular weight is 754 g/mol. The summed E-state index contributed by atoms with van der Waals surface area (Å²) in [5.41, 5.74) is 5.58. The van der Waals surface area contributed by atoms with E-state index in [1.165, 1.54) is 25.3 Å². The number of ether oxygens (including phenoxy) is 1. The fourth-order valence-electron chi connectivity index (χ4n) is 9.20. The van der Waals surface area contributed by atoms with Crippen molar-refractivity contribution in [1.82, 2.24) is 14.9 Å². The smallest absolute Gasteiger partial charge is 0.318 e. The minimum absolute atomic E-state index is 0.00957. The molecule has 1 aromatic heterocycles. The Hall–Kier alpha value is -3.82. The summed E-state index contributed by atoms with van der Waals surface area (Å²) in [7, 11) is 0. The Bertz CT molecular complexity index is 1910. The van der Waals surface area contributed by atoms with E-state index in [0.717, 1.165) is 115 Å². The number of rotatable bonds is 17. The van der Waals surface area contributed by atoms with E-state index in [4.69, 9.17) is 19.7 Å². The van der Waals surface area contributed by atoms with Crippen LogP contribution in [0.25, 0.3) is 28.0 Å². The van der Waals surface area contributed by atoms with Crippen molar-refractivity contribution in [2.75, 3.05) is 37.7 Å². The highest BCUT2D eigenvalue weighted by Gasteiger charge is 2.43. The van der Waals surface area contributed by atoms with Gasteiger partial charge in [0.2, 0.25) is 0 Å². The average Bonchev–Trinajstić information content (AvgIpc) is 3.43. The number of halogens is 1. The lowest BCUT2D eigenvalue weighted by Gasteiger charge is -2.43. The summed E-state index contributed by atoms with van der Waals surface area (Å²) in [5, 5.41) is 22.3. The van der Waals surface area contributed by atoms with Crippen LogP contribution in [-0.4, -0.2) is 81.8 Å². The summed E-state index contributed by atoms with van der Waals surface area (Å²) in [6.45, 7) is 18.5. The zero-order valence-corrected chi connectivity index (χ0v) is 34.4. The van der Waals surface area contributed by atoms with E-state index in [1.54, 1.807) is 18.2 Å². The second-order valence-corrected chi connectivity index (χ2v) is 16.7. The molecule has 0 amide bonds. The number of aliphatic imine (C=N–C) groups is 1. The molecule has 2 saturated heterocycles. The molecule has 3 unspecified atom stereocenters. The number of aliphatic hydroxyl groups is 1. The Labute approximate surface area is 328 Å². The Morgan fingerprint density at radius 1 is 1.02 bits per heavy atom. The number of nitrogens with zero attached hydrogens (tertiary/aromatic N) is 5. The number of fused-ring (bicyclic) bond motifs is 4. The zero-order chi connectivity index (χ0) is 39.3. The van der Waals surface area contributed by atoms with Crippen LogP contribution in [0.3, 0.4) is 0 Å². The highest BCUT2D eigenvalue weighted by Crippen LogP contribution is 2.46. The molecule has 3 heterocycles. The number of piperazine rings is 1. The van der Waals surface area contributed by atoms with Crippen molar-refractivity contribution in [3.8, 4) is 11.8 Å². The maximum absolute atomic E-state index is 15.5. The van der Waals surface area contributed by atoms with Gasteiger partial charge in [0.25, 0.3) is 0 Å². The van der Waals surface area contributed by atoms with Gasteiger partial charge in [-0.1, -0.05) is 71.9 Å². The lowest BCUT2D eigenvalue weighted by molar-refractivity contribution is 0.125. The first-order valence-corrected chi connectivity index (χ1v) is 21.1. The van der Waals surface area contributed by atoms with Crippen LogP contribution in [0.5, 0.6) is 11.8 Å². The molecule has 2 aromatic carbocycles. The number of aromatic nitrogens is 2. The van der Waals surface area contributed by atoms with Crippen molar-refractivity contribution in [2.45, 2.75) is 137 Å². The van der Waals surface area contributed by atoms with E-state index >= 15 is 4.39 Å². The van der Waals surface area contributed by atoms with Gasteiger partial charge < -0.3 is 19.8 Å². The number of aromatic hydroxyl groups is 1. The van der Waals surface area contributed by atoms with E-state index in [-0.39, 0.29) is 41.7 Å². The Morgan fingerprint density at radius 2 is 1.75 bits per heavy atom. The molecule has 0 spiro atoms. The Kier molecular flexibility index (Phi) is 13.3. The van der Waals surface area contributed by atoms with Gasteiger partial charge in [-0.05, 0) is 105 Å². The number of phenols is 1. The molecule has 55 heavy (non-hydrogen) atoms. The van der Waals surface area contributed by atoms with Gasteiger partial charge in [-0.15, -0.1) is 0 Å². The van der Waals surface area contributed by atoms with Crippen molar-refractivity contribution >= 4 is 39.5 Å². The van der Waals surface area contributed by atoms with E-state index in [9.17, 15) is 10.2 Å². The van der Waals surface area contributed by atoms with Gasteiger partial charge in [-0.25, -0.2) is 4.39 Å². The van der Waals surface area contributed by atoms with Gasteiger partial charge in [-0.3, -0.25) is 9.89 Å². The Balaban J connectivity index is 1.56. The van der Waals surface area contributed by atoms with Crippen molar-refractivity contribution < 1.29 is 19.3 Å². The quantitative estimate of drug-likeness (QED) is 0.133. The number of unbranched alkanes of at least 4 members (excludes halogenated alkanes) is 3. The lowest BCUT2D eigenvalue weighted by Crippen LogP contribution is -2.54. The molecule has 2 aliphatic heterocycles. The number of phenolic OH excluding ortho intramolecular Hbond substituents is 1. The molecule has 2 bridgehead atoms. The summed E-state index contributed by atoms with van der Waals surface area (Å²) in [4.78, 5) is 20.9. The Morgan fingerprint density at radius 3 is 2.40 bits per heavy atom. The predicted molar refractivity (Wildman–Crippen MR) is 226 cm³/mol. The third-order valence-corrected chi connectivity index (χ3v) is 11.9. The van der Waals surface area contributed by atoms with Gasteiger partial charge in [0.05, 0.1) is 23.6 Å². The third kappa shape index (κ3) is 8.78. The summed E-state index contributed by atoms with van der Waals surface area (Å²) in [5.74, 6) is 0.744. The number of benzene rings is 2. The number of allylic oxidation sites excluding steroid dienone is 3. The number of anilines is 1. The lowest BCUT2D eigenvalue weighted by atomic mass is 9.81. The van der Waals surface area contributed by atoms with Crippen molar-refractivity contribution in [3.05, 3.63) is 58.5 Å². The van der Waals surface area contributed by atoms with Crippen molar-refractivity contribution in [3.63, 3.8) is 0 Å². The standard InChI is InChI=1S/C46H64FN5O3/c1-8-12-14-21-46(7,20-13-9-2)29-55-45-49-40-26-38(37-25-34(54)24-31-16-19-39(47)35(10-3)41(31)37)43(48-30(5)6)36(11-4)42(40)44(50-45)52-32-17-18-33(52)28-51(27-32)22-15-23-53/h11,16,19,24-26,30,32-33,53-54H,8-10,12-15,17-18,20-23,27-29H2,1-7H3/b36-11-,48-43?. The first-order valence-electron chi connectivity index (χ1n) is 21.1. The minimum atomic E-state index is -0.258. The van der Waals surface area contributed by atoms with Gasteiger partial charge >= 0.3 is 6.01 Å². The van der Waals surface area contributed by atoms with Crippen LogP contribution in [0, 0.1) is 11.2 Å². The van der Waals surface area contributed by atoms with Crippen LogP contribution in [-0.2, 0) is 6.42 Å². The molecule has 3 atom stereocenters. The molecule has 2 fully saturated rings. The first kappa shape index (κ1) is 40.8. The fourth-order valence-corrected chi connectivity index (χ4v) is 9.20. The van der Waals surface area contributed by atoms with E-state index in [1.807, 2.05) is 13.8 Å². The number of hydrogen-bond acceptors (Lipinski definition) is 8. The normalized spacial score (nSPS) is 21.1. The number of aliphatic hydroxyl groups excluding tert-OH is 1. The van der Waals surface area contributed by atoms with Crippen LogP contribution in [0.4, 0.5) is 10.2 Å². The van der Waals surface area contributed by atoms with Crippen molar-refractivity contribution in [1.29, 1.82) is 0 Å². The summed E-state index contributed by atoms with van der Waals surface area (Å²) >= 11 is 0. The molecule has 0 radical (unpaired) electrons.